The fourth-order valence-corrected chi connectivity index (χ4v) is 11.5. The number of quaternary nitrogens is 1. The van der Waals surface area contributed by atoms with Gasteiger partial charge in [0.05, 0.1) is 12.1 Å². The van der Waals surface area contributed by atoms with E-state index < -0.39 is 144 Å². The van der Waals surface area contributed by atoms with Crippen molar-refractivity contribution in [2.45, 2.75) is 143 Å². The van der Waals surface area contributed by atoms with E-state index in [0.717, 1.165) is 12.1 Å². The van der Waals surface area contributed by atoms with Crippen LogP contribution in [0.3, 0.4) is 0 Å². The predicted molar refractivity (Wildman–Crippen MR) is 220 cm³/mol. The molecule has 0 radical (unpaired) electrons. The second-order valence-electron chi connectivity index (χ2n) is 18.3. The van der Waals surface area contributed by atoms with Crippen LogP contribution in [-0.4, -0.2) is 18.2 Å². The van der Waals surface area contributed by atoms with Crippen LogP contribution in [0.5, 0.6) is 0 Å². The number of halogens is 20. The average Bonchev–Trinajstić information content (AvgIpc) is 3.36. The van der Waals surface area contributed by atoms with Gasteiger partial charge in [0.2, 0.25) is 0 Å². The van der Waals surface area contributed by atoms with Crippen molar-refractivity contribution in [3.63, 3.8) is 0 Å². The minimum Gasteiger partial charge on any atom is -0.340 e. The van der Waals surface area contributed by atoms with Gasteiger partial charge in [0, 0.05) is 10.8 Å². The van der Waals surface area contributed by atoms with Crippen molar-refractivity contribution in [2.75, 3.05) is 0 Å². The number of nitrogens with two attached hydrogens (primary N) is 1. The van der Waals surface area contributed by atoms with Crippen LogP contribution in [0.25, 0.3) is 0 Å². The van der Waals surface area contributed by atoms with Crippen LogP contribution in [0.15, 0.2) is 0 Å². The molecule has 4 aromatic rings. The van der Waals surface area contributed by atoms with E-state index in [1.165, 1.54) is 103 Å². The molecule has 2 aliphatic rings. The van der Waals surface area contributed by atoms with E-state index in [4.69, 9.17) is 0 Å². The molecule has 1 nitrogen and oxygen atoms in total. The summed E-state index contributed by atoms with van der Waals surface area (Å²) < 4.78 is 294. The van der Waals surface area contributed by atoms with Crippen molar-refractivity contribution in [1.82, 2.24) is 0 Å². The molecule has 22 heteroatoms. The number of rotatable bonds is 14. The summed E-state index contributed by atoms with van der Waals surface area (Å²) in [6.45, 7) is 9.82. The van der Waals surface area contributed by atoms with E-state index in [-0.39, 0.29) is 0 Å². The standard InChI is InChI=1S/C24BF20.C24H47N/c26-5-1(6(27)14(35)21(42)13(5)34)25(2-7(28)15(36)22(43)16(37)8(2)29,3-9(30)17(38)23(44)18(39)10(3)31)4-11(32)19(40)24(45)20(41)12(4)33;1-5-15-21(23(7-3)17-11-9-12-18-23)25-22(16-6-2)24(8-4)19-13-10-14-20-24/h;21-22,25H,5-20H2,1-4H3/q-1;/p+1. The second-order valence-corrected chi connectivity index (χ2v) is 18.3. The van der Waals surface area contributed by atoms with Gasteiger partial charge >= 0.3 is 0 Å². The van der Waals surface area contributed by atoms with Crippen LogP contribution < -0.4 is 27.2 Å². The molecule has 2 saturated carbocycles. The van der Waals surface area contributed by atoms with Gasteiger partial charge in [-0.25, -0.2) is 87.8 Å². The van der Waals surface area contributed by atoms with Gasteiger partial charge in [0.15, 0.2) is 69.8 Å². The SMILES string of the molecule is CCCC([NH2+]C(CCC)C1(CC)CCCCC1)C1(CC)CCCCC1.Fc1c(F)c(F)c([B-](c2c(F)c(F)c(F)c(F)c2F)(c2c(F)c(F)c(F)c(F)c2F)c2c(F)c(F)c(F)c(F)c2F)c(F)c1F. The van der Waals surface area contributed by atoms with Gasteiger partial charge in [-0.05, 0) is 51.4 Å². The van der Waals surface area contributed by atoms with Crippen LogP contribution in [0.4, 0.5) is 87.8 Å². The van der Waals surface area contributed by atoms with Crippen molar-refractivity contribution in [2.24, 2.45) is 10.8 Å². The van der Waals surface area contributed by atoms with E-state index in [0.29, 0.717) is 10.8 Å². The first-order chi connectivity index (χ1) is 32.9. The zero-order valence-electron chi connectivity index (χ0n) is 38.2. The summed E-state index contributed by atoms with van der Waals surface area (Å²) in [5, 5.41) is 2.97. The third-order valence-corrected chi connectivity index (χ3v) is 15.1. The first kappa shape index (κ1) is 56.4. The molecule has 2 N–H and O–H groups in total. The van der Waals surface area contributed by atoms with Crippen molar-refractivity contribution in [3.05, 3.63) is 116 Å². The molecule has 388 valence electrons. The molecule has 0 aromatic heterocycles. The normalized spacial score (nSPS) is 16.8. The number of benzene rings is 4. The van der Waals surface area contributed by atoms with E-state index in [1.807, 2.05) is 0 Å². The molecule has 0 spiro atoms. The van der Waals surface area contributed by atoms with Gasteiger partial charge in [-0.3, -0.25) is 0 Å². The van der Waals surface area contributed by atoms with Crippen LogP contribution in [0.1, 0.15) is 130 Å². The topological polar surface area (TPSA) is 16.6 Å². The van der Waals surface area contributed by atoms with Crippen molar-refractivity contribution < 1.29 is 93.1 Å². The Morgan fingerprint density at radius 2 is 0.500 bits per heavy atom. The highest BCUT2D eigenvalue weighted by Crippen LogP contribution is 2.45. The molecule has 0 aliphatic heterocycles. The molecule has 0 amide bonds. The average molecular weight is 1030 g/mol. The Labute approximate surface area is 390 Å². The van der Waals surface area contributed by atoms with Crippen LogP contribution >= 0.6 is 0 Å². The summed E-state index contributed by atoms with van der Waals surface area (Å²) in [6.07, 6.45) is 16.1. The van der Waals surface area contributed by atoms with E-state index in [9.17, 15) is 52.7 Å². The van der Waals surface area contributed by atoms with Gasteiger partial charge in [0.1, 0.15) is 52.7 Å². The predicted octanol–water partition coefficient (Wildman–Crippen LogP) is 12.5. The minimum absolute atomic E-state index is 0.643. The van der Waals surface area contributed by atoms with Gasteiger partial charge in [-0.15, -0.1) is 21.9 Å². The third kappa shape index (κ3) is 9.28. The van der Waals surface area contributed by atoms with Crippen LogP contribution in [0, 0.1) is 127 Å². The lowest BCUT2D eigenvalue weighted by Gasteiger charge is -2.47. The smallest absolute Gasteiger partial charge is 0.200 e. The summed E-state index contributed by atoms with van der Waals surface area (Å²) in [5.74, 6) is -71.4. The molecule has 0 bridgehead atoms. The zero-order valence-corrected chi connectivity index (χ0v) is 38.2. The lowest BCUT2D eigenvalue weighted by Crippen LogP contribution is -3.00. The Kier molecular flexibility index (Phi) is 17.8. The maximum atomic E-state index is 15.4. The third-order valence-electron chi connectivity index (χ3n) is 15.1. The molecule has 2 aliphatic carbocycles. The van der Waals surface area contributed by atoms with Crippen LogP contribution in [-0.2, 0) is 0 Å². The lowest BCUT2D eigenvalue weighted by atomic mass is 9.12. The lowest BCUT2D eigenvalue weighted by molar-refractivity contribution is -0.748. The number of hydrogen-bond donors (Lipinski definition) is 1. The quantitative estimate of drug-likeness (QED) is 0.0561. The molecule has 6 rings (SSSR count). The molecule has 2 atom stereocenters. The summed E-state index contributed by atoms with van der Waals surface area (Å²) >= 11 is 0. The highest BCUT2D eigenvalue weighted by Gasteiger charge is 2.53. The van der Waals surface area contributed by atoms with Gasteiger partial charge in [-0.2, -0.15) is 0 Å². The Morgan fingerprint density at radius 1 is 0.314 bits per heavy atom. The van der Waals surface area contributed by atoms with E-state index in [2.05, 4.69) is 33.0 Å². The Bertz CT molecular complexity index is 2160. The highest BCUT2D eigenvalue weighted by atomic mass is 19.2. The van der Waals surface area contributed by atoms with Crippen LogP contribution in [0.2, 0.25) is 0 Å². The molecular formula is C48H48BF20N. The maximum Gasteiger partial charge on any atom is 0.200 e. The van der Waals surface area contributed by atoms with Gasteiger partial charge in [-0.1, -0.05) is 79.1 Å². The first-order valence-corrected chi connectivity index (χ1v) is 22.9. The maximum absolute atomic E-state index is 15.4. The summed E-state index contributed by atoms with van der Waals surface area (Å²) in [5.41, 5.74) is -13.0. The van der Waals surface area contributed by atoms with E-state index >= 15 is 35.1 Å². The Morgan fingerprint density at radius 3 is 0.671 bits per heavy atom. The fourth-order valence-electron chi connectivity index (χ4n) is 11.5. The highest BCUT2D eigenvalue weighted by molar-refractivity contribution is 7.20. The largest absolute Gasteiger partial charge is 0.340 e. The summed E-state index contributed by atoms with van der Waals surface area (Å²) in [4.78, 5) is 0. The first-order valence-electron chi connectivity index (χ1n) is 22.9. The minimum atomic E-state index is -7.22. The summed E-state index contributed by atoms with van der Waals surface area (Å²) in [7, 11) is 0. The molecular weight excluding hydrogens is 981 g/mol. The monoisotopic (exact) mass is 1030 g/mol. The van der Waals surface area contributed by atoms with E-state index in [1.54, 1.807) is 0 Å². The fraction of sp³-hybridized carbons (Fsp3) is 0.500. The molecule has 0 heterocycles. The molecule has 70 heavy (non-hydrogen) atoms. The molecule has 2 fully saturated rings. The molecule has 0 saturated heterocycles. The second kappa shape index (κ2) is 22.1. The zero-order chi connectivity index (χ0) is 52.5. The van der Waals surface area contributed by atoms with Gasteiger partial charge < -0.3 is 5.32 Å². The number of hydrogen-bond acceptors (Lipinski definition) is 0. The van der Waals surface area contributed by atoms with Crippen molar-refractivity contribution in [3.8, 4) is 0 Å². The molecule has 4 aromatic carbocycles. The summed E-state index contributed by atoms with van der Waals surface area (Å²) in [6, 6.07) is 1.76. The Hall–Kier alpha value is -4.50. The van der Waals surface area contributed by atoms with Crippen molar-refractivity contribution in [1.29, 1.82) is 0 Å². The Balaban J connectivity index is 0.000000308. The van der Waals surface area contributed by atoms with Gasteiger partial charge in [0.25, 0.3) is 0 Å². The molecule has 2 unspecified atom stereocenters. The van der Waals surface area contributed by atoms with Crippen molar-refractivity contribution >= 4 is 28.0 Å².